The highest BCUT2D eigenvalue weighted by molar-refractivity contribution is 5.69. The fourth-order valence-electron chi connectivity index (χ4n) is 3.48. The van der Waals surface area contributed by atoms with Crippen LogP contribution in [0.15, 0.2) is 40.8 Å². The summed E-state index contributed by atoms with van der Waals surface area (Å²) < 4.78 is 5.91. The van der Waals surface area contributed by atoms with Crippen molar-refractivity contribution in [2.24, 2.45) is 0 Å². The molecule has 1 aromatic heterocycles. The van der Waals surface area contributed by atoms with E-state index in [2.05, 4.69) is 14.1 Å². The summed E-state index contributed by atoms with van der Waals surface area (Å²) in [7, 11) is 4.45. The number of benzene rings is 1. The van der Waals surface area contributed by atoms with Gasteiger partial charge in [-0.05, 0) is 18.2 Å². The number of nitrogens with zero attached hydrogens (tertiary/aromatic N) is 1. The van der Waals surface area contributed by atoms with Gasteiger partial charge in [-0.25, -0.2) is 0 Å². The lowest BCUT2D eigenvalue weighted by molar-refractivity contribution is -0.948. The Balaban J connectivity index is 1.71. The van der Waals surface area contributed by atoms with Gasteiger partial charge in [0, 0.05) is 18.9 Å². The number of hydrogen-bond acceptors (Lipinski definition) is 3. The van der Waals surface area contributed by atoms with Gasteiger partial charge in [-0.2, -0.15) is 0 Å². The Kier molecular flexibility index (Phi) is 4.97. The van der Waals surface area contributed by atoms with E-state index in [4.69, 9.17) is 4.42 Å². The molecule has 0 amide bonds. The van der Waals surface area contributed by atoms with Gasteiger partial charge in [0.1, 0.15) is 12.3 Å². The van der Waals surface area contributed by atoms with Gasteiger partial charge >= 0.3 is 0 Å². The number of quaternary nitrogens is 2. The zero-order chi connectivity index (χ0) is 17.1. The normalized spacial score (nSPS) is 22.2. The minimum atomic E-state index is -0.365. The van der Waals surface area contributed by atoms with E-state index >= 15 is 0 Å². The van der Waals surface area contributed by atoms with Crippen molar-refractivity contribution in [3.05, 3.63) is 52.3 Å². The van der Waals surface area contributed by atoms with Crippen LogP contribution in [0, 0.1) is 10.1 Å². The van der Waals surface area contributed by atoms with Crippen LogP contribution in [-0.2, 0) is 6.54 Å². The van der Waals surface area contributed by atoms with Gasteiger partial charge in [-0.1, -0.05) is 12.1 Å². The third-order valence-corrected chi connectivity index (χ3v) is 5.02. The molecule has 6 heteroatoms. The molecule has 24 heavy (non-hydrogen) atoms. The van der Waals surface area contributed by atoms with Gasteiger partial charge in [0.15, 0.2) is 5.76 Å². The molecular weight excluding hydrogens is 306 g/mol. The number of hydrogen-bond donors (Lipinski definition) is 2. The maximum absolute atomic E-state index is 11.2. The van der Waals surface area contributed by atoms with Crippen LogP contribution in [0.4, 0.5) is 5.69 Å². The van der Waals surface area contributed by atoms with Crippen LogP contribution in [0.1, 0.15) is 18.6 Å². The number of furan rings is 1. The third kappa shape index (κ3) is 3.66. The van der Waals surface area contributed by atoms with Crippen molar-refractivity contribution in [1.29, 1.82) is 0 Å². The molecule has 6 nitrogen and oxygen atoms in total. The molecule has 1 aromatic carbocycles. The Morgan fingerprint density at radius 1 is 1.25 bits per heavy atom. The fraction of sp³-hybridized carbons (Fsp3) is 0.444. The molecule has 3 rings (SSSR count). The minimum absolute atomic E-state index is 0.0809. The van der Waals surface area contributed by atoms with E-state index in [1.165, 1.54) is 36.9 Å². The summed E-state index contributed by atoms with van der Waals surface area (Å²) in [5, 5.41) is 11.2. The smallest absolute Gasteiger partial charge is 0.280 e. The van der Waals surface area contributed by atoms with E-state index in [1.807, 2.05) is 12.1 Å². The summed E-state index contributed by atoms with van der Waals surface area (Å²) in [5.41, 5.74) is 0.617. The molecule has 0 aliphatic carbocycles. The van der Waals surface area contributed by atoms with E-state index in [0.29, 0.717) is 17.4 Å². The van der Waals surface area contributed by atoms with Crippen molar-refractivity contribution >= 4 is 5.69 Å². The number of piperidine rings is 1. The monoisotopic (exact) mass is 331 g/mol. The standard InChI is InChI=1S/C18H23N3O3/c1-19-11-9-14(10-12-19)20(2)13-15-7-8-18(24-15)16-5-3-4-6-17(16)21(22)23/h3-8,14H,9-13H2,1-2H3/p+2. The second kappa shape index (κ2) is 7.15. The van der Waals surface area contributed by atoms with Crippen molar-refractivity contribution < 1.29 is 19.1 Å². The Bertz CT molecular complexity index is 705. The van der Waals surface area contributed by atoms with E-state index < -0.39 is 0 Å². The van der Waals surface area contributed by atoms with Crippen LogP contribution in [0.2, 0.25) is 0 Å². The molecular formula is C18H25N3O3+2. The lowest BCUT2D eigenvalue weighted by Crippen LogP contribution is -3.17. The van der Waals surface area contributed by atoms with Crippen LogP contribution >= 0.6 is 0 Å². The van der Waals surface area contributed by atoms with Crippen LogP contribution < -0.4 is 9.80 Å². The maximum Gasteiger partial charge on any atom is 0.280 e. The summed E-state index contributed by atoms with van der Waals surface area (Å²) >= 11 is 0. The summed E-state index contributed by atoms with van der Waals surface area (Å²) in [6.45, 7) is 3.26. The van der Waals surface area contributed by atoms with Crippen molar-refractivity contribution in [2.45, 2.75) is 25.4 Å². The van der Waals surface area contributed by atoms with Gasteiger partial charge in [0.25, 0.3) is 5.69 Å². The van der Waals surface area contributed by atoms with E-state index in [1.54, 1.807) is 23.1 Å². The topological polar surface area (TPSA) is 65.2 Å². The predicted molar refractivity (Wildman–Crippen MR) is 91.0 cm³/mol. The molecule has 1 unspecified atom stereocenters. The first-order chi connectivity index (χ1) is 11.5. The Morgan fingerprint density at radius 3 is 2.67 bits per heavy atom. The largest absolute Gasteiger partial charge is 0.455 e. The first-order valence-corrected chi connectivity index (χ1v) is 8.50. The molecule has 2 heterocycles. The van der Waals surface area contributed by atoms with Crippen LogP contribution in [0.5, 0.6) is 0 Å². The lowest BCUT2D eigenvalue weighted by atomic mass is 10.0. The van der Waals surface area contributed by atoms with Gasteiger partial charge < -0.3 is 14.2 Å². The van der Waals surface area contributed by atoms with Gasteiger partial charge in [-0.15, -0.1) is 0 Å². The van der Waals surface area contributed by atoms with Gasteiger partial charge in [0.05, 0.1) is 43.7 Å². The highest BCUT2D eigenvalue weighted by Crippen LogP contribution is 2.30. The van der Waals surface area contributed by atoms with Crippen LogP contribution in [0.3, 0.4) is 0 Å². The Morgan fingerprint density at radius 2 is 1.96 bits per heavy atom. The second-order valence-corrected chi connectivity index (χ2v) is 6.79. The quantitative estimate of drug-likeness (QED) is 0.621. The number of para-hydroxylation sites is 1. The number of nitro groups is 1. The molecule has 0 bridgehead atoms. The molecule has 1 aliphatic heterocycles. The number of likely N-dealkylation sites (tertiary alicyclic amines) is 1. The van der Waals surface area contributed by atoms with Crippen molar-refractivity contribution in [1.82, 2.24) is 0 Å². The molecule has 0 saturated carbocycles. The highest BCUT2D eigenvalue weighted by Gasteiger charge is 2.27. The summed E-state index contributed by atoms with van der Waals surface area (Å²) in [6, 6.07) is 11.1. The van der Waals surface area contributed by atoms with Crippen molar-refractivity contribution in [2.75, 3.05) is 27.2 Å². The predicted octanol–water partition coefficient (Wildman–Crippen LogP) is 0.547. The molecule has 128 valence electrons. The highest BCUT2D eigenvalue weighted by atomic mass is 16.6. The molecule has 1 aliphatic rings. The zero-order valence-corrected chi connectivity index (χ0v) is 14.2. The van der Waals surface area contributed by atoms with Gasteiger partial charge in [0.2, 0.25) is 0 Å². The molecule has 0 spiro atoms. The Hall–Kier alpha value is -2.18. The van der Waals surface area contributed by atoms with Crippen LogP contribution in [0.25, 0.3) is 11.3 Å². The van der Waals surface area contributed by atoms with Crippen molar-refractivity contribution in [3.63, 3.8) is 0 Å². The Labute approximate surface area is 141 Å². The van der Waals surface area contributed by atoms with E-state index in [-0.39, 0.29) is 10.6 Å². The summed E-state index contributed by atoms with van der Waals surface area (Å²) in [6.07, 6.45) is 2.46. The molecule has 2 N–H and O–H groups in total. The van der Waals surface area contributed by atoms with Crippen molar-refractivity contribution in [3.8, 4) is 11.3 Å². The first kappa shape index (κ1) is 16.7. The second-order valence-electron chi connectivity index (χ2n) is 6.79. The maximum atomic E-state index is 11.2. The molecule has 1 saturated heterocycles. The summed E-state index contributed by atoms with van der Waals surface area (Å²) in [4.78, 5) is 13.9. The minimum Gasteiger partial charge on any atom is -0.455 e. The van der Waals surface area contributed by atoms with Gasteiger partial charge in [-0.3, -0.25) is 10.1 Å². The number of nitro benzene ring substituents is 1. The number of nitrogens with one attached hydrogen (secondary N) is 2. The fourth-order valence-corrected chi connectivity index (χ4v) is 3.48. The molecule has 0 radical (unpaired) electrons. The van der Waals surface area contributed by atoms with E-state index in [0.717, 1.165) is 12.3 Å². The average Bonchev–Trinajstić information content (AvgIpc) is 3.03. The molecule has 2 aromatic rings. The first-order valence-electron chi connectivity index (χ1n) is 8.50. The third-order valence-electron chi connectivity index (χ3n) is 5.02. The zero-order valence-electron chi connectivity index (χ0n) is 14.2. The molecule has 1 fully saturated rings. The average molecular weight is 331 g/mol. The SMILES string of the molecule is C[NH+]1CCC([NH+](C)Cc2ccc(-c3ccccc3[N+](=O)[O-])o2)CC1. The lowest BCUT2D eigenvalue weighted by Gasteiger charge is -2.30. The molecule has 1 atom stereocenters. The van der Waals surface area contributed by atoms with Crippen LogP contribution in [-0.4, -0.2) is 38.2 Å². The summed E-state index contributed by atoms with van der Waals surface area (Å²) in [5.74, 6) is 1.45. The van der Waals surface area contributed by atoms with E-state index in [9.17, 15) is 10.1 Å². The number of rotatable bonds is 5.